The van der Waals surface area contributed by atoms with E-state index >= 15 is 0 Å². The lowest BCUT2D eigenvalue weighted by Crippen LogP contribution is -2.49. The van der Waals surface area contributed by atoms with E-state index < -0.39 is 0 Å². The Morgan fingerprint density at radius 1 is 1.26 bits per heavy atom. The third-order valence-corrected chi connectivity index (χ3v) is 5.25. The Balaban J connectivity index is 1.54. The number of thiazole rings is 1. The normalized spacial score (nSPS) is 17.0. The van der Waals surface area contributed by atoms with Crippen molar-refractivity contribution in [1.82, 2.24) is 20.3 Å². The molecule has 4 heterocycles. The van der Waals surface area contributed by atoms with Gasteiger partial charge in [0.05, 0.1) is 19.0 Å². The predicted molar refractivity (Wildman–Crippen MR) is 109 cm³/mol. The summed E-state index contributed by atoms with van der Waals surface area (Å²) in [4.78, 5) is 15.9. The van der Waals surface area contributed by atoms with E-state index in [2.05, 4.69) is 43.5 Å². The molecule has 0 radical (unpaired) electrons. The summed E-state index contributed by atoms with van der Waals surface area (Å²) in [6.45, 7) is 5.17. The summed E-state index contributed by atoms with van der Waals surface area (Å²) < 4.78 is 5.44. The average Bonchev–Trinajstić information content (AvgIpc) is 3.23. The van der Waals surface area contributed by atoms with Crippen molar-refractivity contribution in [2.45, 2.75) is 13.0 Å². The molecule has 0 bridgehead atoms. The first-order valence-corrected chi connectivity index (χ1v) is 9.77. The fourth-order valence-electron chi connectivity index (χ4n) is 3.10. The molecule has 1 aliphatic rings. The maximum atomic E-state index is 5.44. The van der Waals surface area contributed by atoms with Crippen molar-refractivity contribution in [2.75, 3.05) is 37.0 Å². The molecular weight excluding hydrogens is 360 g/mol. The van der Waals surface area contributed by atoms with Gasteiger partial charge in [-0.15, -0.1) is 11.3 Å². The molecule has 1 unspecified atom stereocenters. The van der Waals surface area contributed by atoms with E-state index in [-0.39, 0.29) is 0 Å². The average molecular weight is 382 g/mol. The second-order valence-corrected chi connectivity index (χ2v) is 7.31. The summed E-state index contributed by atoms with van der Waals surface area (Å²) in [5.74, 6) is 2.02. The van der Waals surface area contributed by atoms with Crippen LogP contribution in [0.4, 0.5) is 17.3 Å². The van der Waals surface area contributed by atoms with E-state index in [1.165, 1.54) is 0 Å². The standard InChI is InChI=1S/C19H22N6OS/c1-13-12-25(9-7-20-13)14-3-6-17(22-11-14)24-18-16(26-2)5-4-15(23-18)19-21-8-10-27-19/h3-6,8,10-11,13,20H,7,9,12H2,1-2H3,(H,22,23,24). The number of pyridine rings is 2. The van der Waals surface area contributed by atoms with Crippen LogP contribution in [0.3, 0.4) is 0 Å². The number of ether oxygens (including phenoxy) is 1. The minimum Gasteiger partial charge on any atom is -0.493 e. The van der Waals surface area contributed by atoms with Gasteiger partial charge >= 0.3 is 0 Å². The van der Waals surface area contributed by atoms with Crippen molar-refractivity contribution in [1.29, 1.82) is 0 Å². The maximum absolute atomic E-state index is 5.44. The van der Waals surface area contributed by atoms with Crippen LogP contribution in [0.2, 0.25) is 0 Å². The molecule has 0 aliphatic carbocycles. The van der Waals surface area contributed by atoms with Gasteiger partial charge in [-0.1, -0.05) is 0 Å². The first kappa shape index (κ1) is 17.7. The van der Waals surface area contributed by atoms with E-state index in [0.29, 0.717) is 17.6 Å². The molecular formula is C19H22N6OS. The molecule has 140 valence electrons. The summed E-state index contributed by atoms with van der Waals surface area (Å²) in [6.07, 6.45) is 3.67. The SMILES string of the molecule is COc1ccc(-c2nccs2)nc1Nc1ccc(N2CCNC(C)C2)cn1. The summed E-state index contributed by atoms with van der Waals surface area (Å²) in [5.41, 5.74) is 1.94. The first-order chi connectivity index (χ1) is 13.2. The third kappa shape index (κ3) is 4.01. The number of piperazine rings is 1. The van der Waals surface area contributed by atoms with E-state index in [1.807, 2.05) is 29.8 Å². The van der Waals surface area contributed by atoms with Crippen molar-refractivity contribution in [2.24, 2.45) is 0 Å². The molecule has 8 heteroatoms. The number of nitrogens with zero attached hydrogens (tertiary/aromatic N) is 4. The highest BCUT2D eigenvalue weighted by Gasteiger charge is 2.16. The number of anilines is 3. The van der Waals surface area contributed by atoms with Gasteiger partial charge in [-0.3, -0.25) is 0 Å². The number of rotatable bonds is 5. The molecule has 1 saturated heterocycles. The molecule has 1 atom stereocenters. The lowest BCUT2D eigenvalue weighted by Gasteiger charge is -2.33. The van der Waals surface area contributed by atoms with Crippen molar-refractivity contribution in [3.63, 3.8) is 0 Å². The van der Waals surface area contributed by atoms with Gasteiger partial charge in [0, 0.05) is 37.3 Å². The van der Waals surface area contributed by atoms with Gasteiger partial charge in [0.1, 0.15) is 16.5 Å². The number of methoxy groups -OCH3 is 1. The van der Waals surface area contributed by atoms with Crippen LogP contribution in [0, 0.1) is 0 Å². The number of hydrogen-bond donors (Lipinski definition) is 2. The van der Waals surface area contributed by atoms with Crippen LogP contribution in [-0.2, 0) is 0 Å². The van der Waals surface area contributed by atoms with E-state index in [0.717, 1.165) is 41.8 Å². The van der Waals surface area contributed by atoms with Gasteiger partial charge in [-0.2, -0.15) is 0 Å². The smallest absolute Gasteiger partial charge is 0.175 e. The molecule has 0 aromatic carbocycles. The molecule has 3 aromatic rings. The highest BCUT2D eigenvalue weighted by molar-refractivity contribution is 7.13. The molecule has 2 N–H and O–H groups in total. The van der Waals surface area contributed by atoms with Crippen LogP contribution in [-0.4, -0.2) is 47.7 Å². The number of aromatic nitrogens is 3. The third-order valence-electron chi connectivity index (χ3n) is 4.46. The fourth-order valence-corrected chi connectivity index (χ4v) is 3.71. The summed E-state index contributed by atoms with van der Waals surface area (Å²) >= 11 is 1.55. The molecule has 0 saturated carbocycles. The van der Waals surface area contributed by atoms with Gasteiger partial charge < -0.3 is 20.3 Å². The second kappa shape index (κ2) is 7.89. The molecule has 7 nitrogen and oxygen atoms in total. The van der Waals surface area contributed by atoms with Crippen molar-refractivity contribution < 1.29 is 4.74 Å². The van der Waals surface area contributed by atoms with Gasteiger partial charge in [0.15, 0.2) is 11.6 Å². The van der Waals surface area contributed by atoms with Gasteiger partial charge in [-0.05, 0) is 31.2 Å². The predicted octanol–water partition coefficient (Wildman–Crippen LogP) is 3.15. The molecule has 0 amide bonds. The summed E-state index contributed by atoms with van der Waals surface area (Å²) in [5, 5.41) is 9.53. The zero-order valence-corrected chi connectivity index (χ0v) is 16.2. The quantitative estimate of drug-likeness (QED) is 0.702. The van der Waals surface area contributed by atoms with Gasteiger partial charge in [0.25, 0.3) is 0 Å². The highest BCUT2D eigenvalue weighted by atomic mass is 32.1. The van der Waals surface area contributed by atoms with E-state index in [1.54, 1.807) is 24.6 Å². The van der Waals surface area contributed by atoms with Crippen molar-refractivity contribution in [3.8, 4) is 16.5 Å². The van der Waals surface area contributed by atoms with Gasteiger partial charge in [-0.25, -0.2) is 15.0 Å². The Morgan fingerprint density at radius 2 is 2.19 bits per heavy atom. The largest absolute Gasteiger partial charge is 0.493 e. The lowest BCUT2D eigenvalue weighted by atomic mass is 10.2. The Hall–Kier alpha value is -2.71. The Morgan fingerprint density at radius 3 is 2.89 bits per heavy atom. The van der Waals surface area contributed by atoms with Crippen LogP contribution in [0.5, 0.6) is 5.75 Å². The Labute approximate surface area is 162 Å². The number of nitrogens with one attached hydrogen (secondary N) is 2. The molecule has 1 aliphatic heterocycles. The van der Waals surface area contributed by atoms with E-state index in [4.69, 9.17) is 4.74 Å². The monoisotopic (exact) mass is 382 g/mol. The maximum Gasteiger partial charge on any atom is 0.175 e. The van der Waals surface area contributed by atoms with Crippen LogP contribution >= 0.6 is 11.3 Å². The van der Waals surface area contributed by atoms with E-state index in [9.17, 15) is 0 Å². The van der Waals surface area contributed by atoms with Gasteiger partial charge in [0.2, 0.25) is 0 Å². The molecule has 3 aromatic heterocycles. The van der Waals surface area contributed by atoms with Crippen molar-refractivity contribution >= 4 is 28.7 Å². The zero-order valence-electron chi connectivity index (χ0n) is 15.3. The Kier molecular flexibility index (Phi) is 5.17. The fraction of sp³-hybridized carbons (Fsp3) is 0.316. The minimum absolute atomic E-state index is 0.485. The summed E-state index contributed by atoms with van der Waals surface area (Å²) in [6, 6.07) is 8.34. The highest BCUT2D eigenvalue weighted by Crippen LogP contribution is 2.30. The second-order valence-electron chi connectivity index (χ2n) is 6.41. The lowest BCUT2D eigenvalue weighted by molar-refractivity contribution is 0.415. The minimum atomic E-state index is 0.485. The van der Waals surface area contributed by atoms with Crippen LogP contribution in [0.25, 0.3) is 10.7 Å². The number of hydrogen-bond acceptors (Lipinski definition) is 8. The molecule has 4 rings (SSSR count). The Bertz CT molecular complexity index is 884. The van der Waals surface area contributed by atoms with Crippen LogP contribution in [0.15, 0.2) is 42.0 Å². The topological polar surface area (TPSA) is 75.2 Å². The molecule has 27 heavy (non-hydrogen) atoms. The van der Waals surface area contributed by atoms with Crippen LogP contribution < -0.4 is 20.3 Å². The van der Waals surface area contributed by atoms with Crippen molar-refractivity contribution in [3.05, 3.63) is 42.0 Å². The molecule has 0 spiro atoms. The summed E-state index contributed by atoms with van der Waals surface area (Å²) in [7, 11) is 1.63. The van der Waals surface area contributed by atoms with Crippen LogP contribution in [0.1, 0.15) is 6.92 Å². The first-order valence-electron chi connectivity index (χ1n) is 8.89. The molecule has 1 fully saturated rings. The zero-order chi connectivity index (χ0) is 18.6.